The highest BCUT2D eigenvalue weighted by Gasteiger charge is 1.71. The van der Waals surface area contributed by atoms with E-state index in [4.69, 9.17) is 0 Å². The summed E-state index contributed by atoms with van der Waals surface area (Å²) in [6, 6.07) is 0. The highest BCUT2D eigenvalue weighted by molar-refractivity contribution is 5.18. The minimum atomic E-state index is 1.25. The van der Waals surface area contributed by atoms with Gasteiger partial charge in [-0.1, -0.05) is 30.4 Å². The fraction of sp³-hybridized carbons (Fsp3) is 0.222. The zero-order valence-corrected chi connectivity index (χ0v) is 6.02. The number of hydrogen-bond acceptors (Lipinski definition) is 0. The Kier molecular flexibility index (Phi) is 4.57. The predicted molar refractivity (Wildman–Crippen MR) is 42.3 cm³/mol. The lowest BCUT2D eigenvalue weighted by Crippen LogP contribution is -1.61. The molecule has 0 unspecified atom stereocenters. The molecular weight excluding hydrogens is 108 g/mol. The summed E-state index contributed by atoms with van der Waals surface area (Å²) < 4.78 is 0. The van der Waals surface area contributed by atoms with Crippen LogP contribution in [-0.2, 0) is 0 Å². The third kappa shape index (κ3) is 4.86. The summed E-state index contributed by atoms with van der Waals surface area (Å²) in [6.07, 6.45) is 7.76. The Morgan fingerprint density at radius 2 is 2.22 bits per heavy atom. The summed E-state index contributed by atoms with van der Waals surface area (Å²) in [6.45, 7) is 7.49. The summed E-state index contributed by atoms with van der Waals surface area (Å²) >= 11 is 0. The van der Waals surface area contributed by atoms with Crippen LogP contribution in [0, 0.1) is 0 Å². The molecule has 0 aromatic heterocycles. The van der Waals surface area contributed by atoms with Crippen LogP contribution in [0.25, 0.3) is 0 Å². The number of rotatable bonds is 2. The third-order valence-corrected chi connectivity index (χ3v) is 1.03. The van der Waals surface area contributed by atoms with Gasteiger partial charge in [0.05, 0.1) is 0 Å². The fourth-order valence-electron chi connectivity index (χ4n) is 0.364. The first kappa shape index (κ1) is 8.00. The van der Waals surface area contributed by atoms with Gasteiger partial charge >= 0.3 is 0 Å². The zero-order chi connectivity index (χ0) is 7.11. The van der Waals surface area contributed by atoms with Crippen molar-refractivity contribution in [1.29, 1.82) is 0 Å². The van der Waals surface area contributed by atoms with Crippen LogP contribution in [0.4, 0.5) is 0 Å². The van der Waals surface area contributed by atoms with E-state index < -0.39 is 0 Å². The summed E-state index contributed by atoms with van der Waals surface area (Å²) in [4.78, 5) is 0. The van der Waals surface area contributed by atoms with Crippen molar-refractivity contribution >= 4 is 0 Å². The van der Waals surface area contributed by atoms with Gasteiger partial charge in [0.25, 0.3) is 0 Å². The van der Waals surface area contributed by atoms with Gasteiger partial charge in [0.2, 0.25) is 0 Å². The summed E-state index contributed by atoms with van der Waals surface area (Å²) in [7, 11) is 0. The Morgan fingerprint density at radius 1 is 1.56 bits per heavy atom. The molecule has 0 aliphatic rings. The van der Waals surface area contributed by atoms with Gasteiger partial charge in [-0.3, -0.25) is 0 Å². The summed E-state index contributed by atoms with van der Waals surface area (Å²) in [5, 5.41) is 0. The molecule has 0 fully saturated rings. The van der Waals surface area contributed by atoms with Crippen LogP contribution in [0.15, 0.2) is 42.2 Å². The molecule has 0 heteroatoms. The molecule has 0 saturated carbocycles. The number of hydrogen-bond donors (Lipinski definition) is 0. The average Bonchev–Trinajstić information content (AvgIpc) is 1.89. The second-order valence-corrected chi connectivity index (χ2v) is 1.76. The van der Waals surface area contributed by atoms with Crippen molar-refractivity contribution in [3.63, 3.8) is 0 Å². The Balaban J connectivity index is 3.85. The van der Waals surface area contributed by atoms with Crippen LogP contribution >= 0.6 is 0 Å². The Morgan fingerprint density at radius 3 is 2.67 bits per heavy atom. The molecule has 0 bridgehead atoms. The van der Waals surface area contributed by atoms with Gasteiger partial charge in [-0.15, -0.1) is 5.73 Å². The lowest BCUT2D eigenvalue weighted by Gasteiger charge is -1.82. The molecule has 0 heterocycles. The maximum atomic E-state index is 3.43. The first-order chi connectivity index (χ1) is 4.31. The van der Waals surface area contributed by atoms with Crippen LogP contribution in [0.2, 0.25) is 0 Å². The van der Waals surface area contributed by atoms with Gasteiger partial charge in [-0.25, -0.2) is 0 Å². The molecule has 0 aliphatic heterocycles. The van der Waals surface area contributed by atoms with Crippen molar-refractivity contribution < 1.29 is 0 Å². The average molecular weight is 120 g/mol. The summed E-state index contributed by atoms with van der Waals surface area (Å²) in [5.41, 5.74) is 3.91. The first-order valence-electron chi connectivity index (χ1n) is 2.96. The minimum absolute atomic E-state index is 1.25. The first-order valence-corrected chi connectivity index (χ1v) is 2.96. The maximum absolute atomic E-state index is 3.43. The zero-order valence-electron chi connectivity index (χ0n) is 6.02. The Hall–Kier alpha value is -1.00. The monoisotopic (exact) mass is 120 g/mol. The van der Waals surface area contributed by atoms with Crippen molar-refractivity contribution in [2.75, 3.05) is 0 Å². The van der Waals surface area contributed by atoms with Gasteiger partial charge in [0.1, 0.15) is 0 Å². The molecule has 0 aliphatic carbocycles. The second kappa shape index (κ2) is 5.14. The molecule has 48 valence electrons. The Bertz CT molecular complexity index is 164. The van der Waals surface area contributed by atoms with Gasteiger partial charge < -0.3 is 0 Å². The third-order valence-electron chi connectivity index (χ3n) is 1.03. The minimum Gasteiger partial charge on any atom is -0.129 e. The van der Waals surface area contributed by atoms with Crippen LogP contribution < -0.4 is 0 Å². The van der Waals surface area contributed by atoms with Crippen molar-refractivity contribution in [3.05, 3.63) is 42.2 Å². The topological polar surface area (TPSA) is 0 Å². The van der Waals surface area contributed by atoms with E-state index in [1.165, 1.54) is 5.57 Å². The van der Waals surface area contributed by atoms with E-state index in [0.717, 1.165) is 0 Å². The molecule has 0 radical (unpaired) electrons. The summed E-state index contributed by atoms with van der Waals surface area (Å²) in [5.74, 6) is 0. The highest BCUT2D eigenvalue weighted by atomic mass is 13.8. The Labute approximate surface area is 56.9 Å². The van der Waals surface area contributed by atoms with Crippen molar-refractivity contribution in [1.82, 2.24) is 0 Å². The van der Waals surface area contributed by atoms with Crippen LogP contribution in [0.5, 0.6) is 0 Å². The smallest absolute Gasteiger partial charge is 0.0206 e. The van der Waals surface area contributed by atoms with Gasteiger partial charge in [-0.05, 0) is 19.9 Å². The highest BCUT2D eigenvalue weighted by Crippen LogP contribution is 1.92. The molecule has 0 aromatic carbocycles. The molecule has 0 spiro atoms. The maximum Gasteiger partial charge on any atom is -0.0206 e. The van der Waals surface area contributed by atoms with E-state index in [0.29, 0.717) is 0 Å². The molecule has 0 nitrogen and oxygen atoms in total. The molecular formula is C9H12. The van der Waals surface area contributed by atoms with Gasteiger partial charge in [-0.2, -0.15) is 0 Å². The fourth-order valence-corrected chi connectivity index (χ4v) is 0.364. The van der Waals surface area contributed by atoms with Gasteiger partial charge in [0.15, 0.2) is 0 Å². The number of allylic oxidation sites excluding steroid dienone is 5. The van der Waals surface area contributed by atoms with E-state index in [1.807, 2.05) is 32.1 Å². The van der Waals surface area contributed by atoms with Crippen molar-refractivity contribution in [2.24, 2.45) is 0 Å². The van der Waals surface area contributed by atoms with Crippen molar-refractivity contribution in [3.8, 4) is 0 Å². The van der Waals surface area contributed by atoms with Crippen LogP contribution in [0.3, 0.4) is 0 Å². The van der Waals surface area contributed by atoms with Crippen LogP contribution in [0.1, 0.15) is 13.8 Å². The van der Waals surface area contributed by atoms with Crippen molar-refractivity contribution in [2.45, 2.75) is 13.8 Å². The SMILES string of the molecule is C=C=C/C=C/C(C)=C/C. The quantitative estimate of drug-likeness (QED) is 0.388. The standard InChI is InChI=1S/C9H12/c1-4-6-7-8-9(3)5-2/h5-8H,1H2,2-3H3/b8-7+,9-5+. The van der Waals surface area contributed by atoms with E-state index in [-0.39, 0.29) is 0 Å². The van der Waals surface area contributed by atoms with E-state index >= 15 is 0 Å². The largest absolute Gasteiger partial charge is 0.129 e. The van der Waals surface area contributed by atoms with E-state index in [9.17, 15) is 0 Å². The lowest BCUT2D eigenvalue weighted by molar-refractivity contribution is 1.48. The van der Waals surface area contributed by atoms with E-state index in [1.54, 1.807) is 6.08 Å². The van der Waals surface area contributed by atoms with Crippen LogP contribution in [-0.4, -0.2) is 0 Å². The molecule has 0 saturated heterocycles. The molecule has 9 heavy (non-hydrogen) atoms. The molecule has 0 atom stereocenters. The van der Waals surface area contributed by atoms with E-state index in [2.05, 4.69) is 12.3 Å². The predicted octanol–water partition coefficient (Wildman–Crippen LogP) is 2.85. The molecule has 0 rings (SSSR count). The molecule has 0 N–H and O–H groups in total. The van der Waals surface area contributed by atoms with Gasteiger partial charge in [0, 0.05) is 0 Å². The lowest BCUT2D eigenvalue weighted by atomic mass is 10.3. The second-order valence-electron chi connectivity index (χ2n) is 1.76. The molecule has 0 aromatic rings. The molecule has 0 amide bonds. The normalized spacial score (nSPS) is 11.6.